The molecule has 4 nitrogen and oxygen atoms in total. The summed E-state index contributed by atoms with van der Waals surface area (Å²) in [6, 6.07) is 7.85. The van der Waals surface area contributed by atoms with E-state index in [0.717, 1.165) is 12.8 Å². The van der Waals surface area contributed by atoms with E-state index in [1.807, 2.05) is 45.2 Å². The summed E-state index contributed by atoms with van der Waals surface area (Å²) in [4.78, 5) is 0. The lowest BCUT2D eigenvalue weighted by molar-refractivity contribution is -0.275. The van der Waals surface area contributed by atoms with Crippen LogP contribution < -0.4 is 18.9 Å². The van der Waals surface area contributed by atoms with Crippen molar-refractivity contribution in [3.8, 4) is 23.0 Å². The summed E-state index contributed by atoms with van der Waals surface area (Å²) in [5, 5.41) is 0. The van der Waals surface area contributed by atoms with Gasteiger partial charge in [0.15, 0.2) is 0 Å². The van der Waals surface area contributed by atoms with E-state index in [4.69, 9.17) is 9.47 Å². The van der Waals surface area contributed by atoms with Crippen molar-refractivity contribution >= 4 is 45.2 Å². The minimum Gasteiger partial charge on any atom is -0.489 e. The molecule has 0 aromatic heterocycles. The normalized spacial score (nSPS) is 13.5. The molecule has 0 atom stereocenters. The molecule has 0 N–H and O–H groups in total. The molecule has 1 saturated carbocycles. The standard InChI is InChI=1S/C10H8F3IO2.C9H6F3IO2/c11-10(12,13)16-7-3-4-9(8(14)5-7)15-6-1-2-6;1-2-14-8-4-3-6(5-7(8)13)15-9(10,11)12/h3-6H,1-2H2;2-5H,1H2. The smallest absolute Gasteiger partial charge is 0.489 e. The Kier molecular flexibility index (Phi) is 8.97. The van der Waals surface area contributed by atoms with Crippen LogP contribution >= 0.6 is 45.2 Å². The van der Waals surface area contributed by atoms with Gasteiger partial charge in [-0.15, -0.1) is 26.3 Å². The molecule has 0 aliphatic heterocycles. The Morgan fingerprint density at radius 2 is 1.26 bits per heavy atom. The largest absolute Gasteiger partial charge is 0.573 e. The molecule has 0 spiro atoms. The molecule has 3 rings (SSSR count). The monoisotopic (exact) mass is 674 g/mol. The summed E-state index contributed by atoms with van der Waals surface area (Å²) in [5.74, 6) is 0.543. The summed E-state index contributed by atoms with van der Waals surface area (Å²) in [6.07, 6.45) is -5.88. The number of rotatable bonds is 6. The van der Waals surface area contributed by atoms with Gasteiger partial charge in [0, 0.05) is 0 Å². The molecule has 2 aromatic rings. The van der Waals surface area contributed by atoms with Gasteiger partial charge < -0.3 is 18.9 Å². The minimum absolute atomic E-state index is 0.222. The molecule has 1 aliphatic carbocycles. The van der Waals surface area contributed by atoms with Gasteiger partial charge in [-0.05, 0) is 94.4 Å². The summed E-state index contributed by atoms with van der Waals surface area (Å²) in [6.45, 7) is 3.34. The fraction of sp³-hybridized carbons (Fsp3) is 0.263. The summed E-state index contributed by atoms with van der Waals surface area (Å²) < 4.78 is 90.5. The third-order valence-corrected chi connectivity index (χ3v) is 4.99. The third kappa shape index (κ3) is 10.1. The van der Waals surface area contributed by atoms with Crippen molar-refractivity contribution in [2.45, 2.75) is 31.7 Å². The number of hydrogen-bond acceptors (Lipinski definition) is 4. The first-order chi connectivity index (χ1) is 14.4. The zero-order valence-electron chi connectivity index (χ0n) is 15.4. The number of halogens is 8. The van der Waals surface area contributed by atoms with Gasteiger partial charge >= 0.3 is 12.7 Å². The number of ether oxygens (including phenoxy) is 4. The van der Waals surface area contributed by atoms with Crippen LogP contribution in [0.5, 0.6) is 23.0 Å². The van der Waals surface area contributed by atoms with E-state index in [1.165, 1.54) is 42.7 Å². The van der Waals surface area contributed by atoms with E-state index < -0.39 is 12.7 Å². The Morgan fingerprint density at radius 1 is 0.806 bits per heavy atom. The van der Waals surface area contributed by atoms with Crippen LogP contribution in [0.4, 0.5) is 26.3 Å². The van der Waals surface area contributed by atoms with Crippen molar-refractivity contribution in [2.24, 2.45) is 0 Å². The molecule has 2 aromatic carbocycles. The Bertz CT molecular complexity index is 898. The molecular weight excluding hydrogens is 660 g/mol. The number of hydrogen-bond donors (Lipinski definition) is 0. The number of alkyl halides is 6. The highest BCUT2D eigenvalue weighted by atomic mass is 127. The first kappa shape index (κ1) is 25.7. The van der Waals surface area contributed by atoms with Crippen molar-refractivity contribution < 1.29 is 45.3 Å². The van der Waals surface area contributed by atoms with Gasteiger partial charge in [0.2, 0.25) is 0 Å². The maximum absolute atomic E-state index is 11.9. The highest BCUT2D eigenvalue weighted by Gasteiger charge is 2.32. The molecule has 170 valence electrons. The summed E-state index contributed by atoms with van der Waals surface area (Å²) >= 11 is 3.77. The van der Waals surface area contributed by atoms with E-state index in [9.17, 15) is 26.3 Å². The topological polar surface area (TPSA) is 36.9 Å². The second-order valence-corrected chi connectivity index (χ2v) is 8.21. The van der Waals surface area contributed by atoms with Gasteiger partial charge in [-0.25, -0.2) is 0 Å². The molecule has 0 heterocycles. The fourth-order valence-electron chi connectivity index (χ4n) is 2.00. The maximum atomic E-state index is 11.9. The van der Waals surface area contributed by atoms with Crippen molar-refractivity contribution in [3.05, 3.63) is 56.4 Å². The van der Waals surface area contributed by atoms with E-state index in [0.29, 0.717) is 18.6 Å². The molecule has 0 saturated heterocycles. The zero-order chi connectivity index (χ0) is 23.2. The SMILES string of the molecule is C=COc1ccc(OC(F)(F)F)cc1I.FC(F)(F)Oc1ccc(OC2CC2)c(I)c1. The van der Waals surface area contributed by atoms with Gasteiger partial charge in [0.05, 0.1) is 19.5 Å². The van der Waals surface area contributed by atoms with Gasteiger partial charge in [-0.2, -0.15) is 0 Å². The number of benzene rings is 2. The summed E-state index contributed by atoms with van der Waals surface area (Å²) in [7, 11) is 0. The van der Waals surface area contributed by atoms with Crippen LogP contribution in [-0.2, 0) is 0 Å². The van der Waals surface area contributed by atoms with Crippen molar-refractivity contribution in [1.82, 2.24) is 0 Å². The second-order valence-electron chi connectivity index (χ2n) is 5.88. The Labute approximate surface area is 200 Å². The molecule has 0 radical (unpaired) electrons. The van der Waals surface area contributed by atoms with Crippen LogP contribution in [0.15, 0.2) is 49.2 Å². The Morgan fingerprint density at radius 3 is 1.61 bits per heavy atom. The highest BCUT2D eigenvalue weighted by Crippen LogP contribution is 2.33. The van der Waals surface area contributed by atoms with Crippen LogP contribution in [0, 0.1) is 7.14 Å². The zero-order valence-corrected chi connectivity index (χ0v) is 19.7. The Hall–Kier alpha value is -1.58. The lowest BCUT2D eigenvalue weighted by atomic mass is 10.3. The van der Waals surface area contributed by atoms with E-state index in [-0.39, 0.29) is 17.6 Å². The van der Waals surface area contributed by atoms with Crippen LogP contribution in [0.2, 0.25) is 0 Å². The molecule has 0 amide bonds. The summed E-state index contributed by atoms with van der Waals surface area (Å²) in [5.41, 5.74) is 0. The Balaban J connectivity index is 0.000000221. The molecule has 0 unspecified atom stereocenters. The van der Waals surface area contributed by atoms with E-state index in [2.05, 4.69) is 16.1 Å². The van der Waals surface area contributed by atoms with Gasteiger partial charge in [0.25, 0.3) is 0 Å². The molecule has 1 fully saturated rings. The van der Waals surface area contributed by atoms with Crippen LogP contribution in [0.25, 0.3) is 0 Å². The average Bonchev–Trinajstić information content (AvgIpc) is 3.42. The molecule has 0 bridgehead atoms. The van der Waals surface area contributed by atoms with E-state index in [1.54, 1.807) is 0 Å². The molecular formula is C19H14F6I2O4. The van der Waals surface area contributed by atoms with Crippen molar-refractivity contribution in [3.63, 3.8) is 0 Å². The quantitative estimate of drug-likeness (QED) is 0.182. The van der Waals surface area contributed by atoms with Crippen LogP contribution in [0.3, 0.4) is 0 Å². The lowest BCUT2D eigenvalue weighted by Gasteiger charge is -2.11. The van der Waals surface area contributed by atoms with Gasteiger partial charge in [-0.3, -0.25) is 0 Å². The minimum atomic E-state index is -4.68. The fourth-order valence-corrected chi connectivity index (χ4v) is 3.23. The van der Waals surface area contributed by atoms with Crippen LogP contribution in [0.1, 0.15) is 12.8 Å². The van der Waals surface area contributed by atoms with Crippen LogP contribution in [-0.4, -0.2) is 18.8 Å². The van der Waals surface area contributed by atoms with Gasteiger partial charge in [0.1, 0.15) is 23.0 Å². The predicted molar refractivity (Wildman–Crippen MR) is 116 cm³/mol. The third-order valence-electron chi connectivity index (χ3n) is 3.30. The van der Waals surface area contributed by atoms with Crippen molar-refractivity contribution in [1.29, 1.82) is 0 Å². The first-order valence-electron chi connectivity index (χ1n) is 8.41. The molecule has 12 heteroatoms. The second kappa shape index (κ2) is 10.8. The molecule has 31 heavy (non-hydrogen) atoms. The van der Waals surface area contributed by atoms with Gasteiger partial charge in [-0.1, -0.05) is 6.58 Å². The average molecular weight is 674 g/mol. The molecule has 1 aliphatic rings. The first-order valence-corrected chi connectivity index (χ1v) is 10.6. The lowest BCUT2D eigenvalue weighted by Crippen LogP contribution is -2.17. The van der Waals surface area contributed by atoms with Crippen molar-refractivity contribution in [2.75, 3.05) is 0 Å². The maximum Gasteiger partial charge on any atom is 0.573 e. The van der Waals surface area contributed by atoms with E-state index >= 15 is 0 Å². The predicted octanol–water partition coefficient (Wildman–Crippen LogP) is 7.44. The highest BCUT2D eigenvalue weighted by molar-refractivity contribution is 14.1.